The summed E-state index contributed by atoms with van der Waals surface area (Å²) in [4.78, 5) is 5.95. The van der Waals surface area contributed by atoms with Crippen molar-refractivity contribution in [3.63, 3.8) is 0 Å². The SMILES string of the molecule is C.[C-]#[N+]c1ccc(COCCN2C(C)CCCC2C)cc1. The van der Waals surface area contributed by atoms with E-state index < -0.39 is 0 Å². The molecule has 3 heteroatoms. The number of hydrogen-bond donors (Lipinski definition) is 0. The maximum atomic E-state index is 6.92. The van der Waals surface area contributed by atoms with E-state index in [0.717, 1.165) is 18.7 Å². The molecular formula is C18H28N2O. The summed E-state index contributed by atoms with van der Waals surface area (Å²) in [5.74, 6) is 0. The quantitative estimate of drug-likeness (QED) is 0.579. The van der Waals surface area contributed by atoms with Gasteiger partial charge in [-0.25, -0.2) is 4.85 Å². The van der Waals surface area contributed by atoms with Gasteiger partial charge in [0, 0.05) is 18.6 Å². The second-order valence-corrected chi connectivity index (χ2v) is 5.70. The molecule has 2 unspecified atom stereocenters. The molecule has 0 aliphatic carbocycles. The lowest BCUT2D eigenvalue weighted by molar-refractivity contribution is 0.0439. The first-order chi connectivity index (χ1) is 9.70. The second kappa shape index (κ2) is 8.81. The Bertz CT molecular complexity index is 439. The molecule has 1 fully saturated rings. The normalized spacial score (nSPS) is 22.3. The molecule has 0 bridgehead atoms. The zero-order valence-electron chi connectivity index (χ0n) is 12.5. The lowest BCUT2D eigenvalue weighted by Gasteiger charge is -2.38. The Morgan fingerprint density at radius 2 is 1.81 bits per heavy atom. The molecule has 1 aliphatic heterocycles. The monoisotopic (exact) mass is 288 g/mol. The highest BCUT2D eigenvalue weighted by molar-refractivity contribution is 5.45. The molecule has 1 heterocycles. The van der Waals surface area contributed by atoms with Gasteiger partial charge in [0.15, 0.2) is 5.69 Å². The third kappa shape index (κ3) is 5.15. The highest BCUT2D eigenvalue weighted by atomic mass is 16.5. The smallest absolute Gasteiger partial charge is 0.187 e. The van der Waals surface area contributed by atoms with E-state index >= 15 is 0 Å². The van der Waals surface area contributed by atoms with Crippen molar-refractivity contribution >= 4 is 5.69 Å². The first kappa shape index (κ1) is 17.7. The summed E-state index contributed by atoms with van der Waals surface area (Å²) < 4.78 is 5.77. The van der Waals surface area contributed by atoms with E-state index in [2.05, 4.69) is 23.6 Å². The molecule has 0 amide bonds. The van der Waals surface area contributed by atoms with Gasteiger partial charge in [-0.1, -0.05) is 38.1 Å². The van der Waals surface area contributed by atoms with Gasteiger partial charge >= 0.3 is 0 Å². The summed E-state index contributed by atoms with van der Waals surface area (Å²) in [6.07, 6.45) is 3.97. The average molecular weight is 288 g/mol. The molecule has 1 aromatic carbocycles. The second-order valence-electron chi connectivity index (χ2n) is 5.70. The number of ether oxygens (including phenoxy) is 1. The van der Waals surface area contributed by atoms with Gasteiger partial charge in [0.1, 0.15) is 0 Å². The van der Waals surface area contributed by atoms with Crippen molar-refractivity contribution in [2.24, 2.45) is 0 Å². The maximum Gasteiger partial charge on any atom is 0.187 e. The van der Waals surface area contributed by atoms with Gasteiger partial charge in [-0.2, -0.15) is 0 Å². The predicted molar refractivity (Wildman–Crippen MR) is 88.6 cm³/mol. The van der Waals surface area contributed by atoms with Crippen LogP contribution in [0.2, 0.25) is 0 Å². The van der Waals surface area contributed by atoms with Gasteiger partial charge in [-0.05, 0) is 32.3 Å². The molecule has 1 aromatic rings. The molecule has 1 saturated heterocycles. The standard InChI is InChI=1S/C17H24N2O.CH4/c1-14-5-4-6-15(2)19(14)11-12-20-13-16-7-9-17(18-3)10-8-16;/h7-10,14-15H,4-6,11-13H2,1-2H3;1H4. The largest absolute Gasteiger partial charge is 0.375 e. The third-order valence-corrected chi connectivity index (χ3v) is 4.20. The van der Waals surface area contributed by atoms with Crippen molar-refractivity contribution in [2.45, 2.75) is 59.2 Å². The Kier molecular flexibility index (Phi) is 7.42. The average Bonchev–Trinajstić information content (AvgIpc) is 2.46. The minimum Gasteiger partial charge on any atom is -0.375 e. The molecule has 21 heavy (non-hydrogen) atoms. The summed E-state index contributed by atoms with van der Waals surface area (Å²) in [6, 6.07) is 9.00. The molecule has 3 nitrogen and oxygen atoms in total. The molecule has 2 rings (SSSR count). The van der Waals surface area contributed by atoms with E-state index in [0.29, 0.717) is 24.4 Å². The van der Waals surface area contributed by atoms with Crippen LogP contribution in [0.25, 0.3) is 4.85 Å². The predicted octanol–water partition coefficient (Wildman–Crippen LogP) is 4.65. The van der Waals surface area contributed by atoms with Crippen LogP contribution < -0.4 is 0 Å². The van der Waals surface area contributed by atoms with Crippen LogP contribution in [0, 0.1) is 6.57 Å². The number of likely N-dealkylation sites (tertiary alicyclic amines) is 1. The fourth-order valence-electron chi connectivity index (χ4n) is 2.94. The lowest BCUT2D eigenvalue weighted by atomic mass is 9.98. The third-order valence-electron chi connectivity index (χ3n) is 4.20. The van der Waals surface area contributed by atoms with Crippen molar-refractivity contribution in [2.75, 3.05) is 13.2 Å². The first-order valence-corrected chi connectivity index (χ1v) is 7.50. The Hall–Kier alpha value is -1.37. The topological polar surface area (TPSA) is 16.8 Å². The number of benzene rings is 1. The Labute approximate surface area is 129 Å². The molecule has 1 aliphatic rings. The summed E-state index contributed by atoms with van der Waals surface area (Å²) in [5, 5.41) is 0. The zero-order valence-corrected chi connectivity index (χ0v) is 12.5. The minimum atomic E-state index is 0. The van der Waals surface area contributed by atoms with E-state index in [1.54, 1.807) is 0 Å². The van der Waals surface area contributed by atoms with E-state index in [1.165, 1.54) is 19.3 Å². The molecule has 0 aromatic heterocycles. The summed E-state index contributed by atoms with van der Waals surface area (Å²) in [5.41, 5.74) is 1.82. The zero-order chi connectivity index (χ0) is 14.4. The number of rotatable bonds is 5. The van der Waals surface area contributed by atoms with Crippen molar-refractivity contribution in [1.82, 2.24) is 4.90 Å². The summed E-state index contributed by atoms with van der Waals surface area (Å²) in [6.45, 7) is 14.0. The molecule has 116 valence electrons. The van der Waals surface area contributed by atoms with Crippen LogP contribution in [0.15, 0.2) is 24.3 Å². The number of hydrogen-bond acceptors (Lipinski definition) is 2. The van der Waals surface area contributed by atoms with Crippen molar-refractivity contribution in [3.8, 4) is 0 Å². The van der Waals surface area contributed by atoms with Crippen LogP contribution in [0.3, 0.4) is 0 Å². The van der Waals surface area contributed by atoms with Crippen LogP contribution in [0.1, 0.15) is 46.1 Å². The molecule has 0 saturated carbocycles. The van der Waals surface area contributed by atoms with Gasteiger partial charge in [-0.15, -0.1) is 0 Å². The van der Waals surface area contributed by atoms with E-state index in [9.17, 15) is 0 Å². The fourth-order valence-corrected chi connectivity index (χ4v) is 2.94. The van der Waals surface area contributed by atoms with Gasteiger partial charge in [0.2, 0.25) is 0 Å². The number of nitrogens with zero attached hydrogens (tertiary/aromatic N) is 2. The Balaban J connectivity index is 0.00000220. The Morgan fingerprint density at radius 1 is 1.19 bits per heavy atom. The summed E-state index contributed by atoms with van der Waals surface area (Å²) >= 11 is 0. The number of piperidine rings is 1. The van der Waals surface area contributed by atoms with Crippen LogP contribution >= 0.6 is 0 Å². The van der Waals surface area contributed by atoms with Crippen molar-refractivity contribution < 1.29 is 4.74 Å². The van der Waals surface area contributed by atoms with Crippen LogP contribution in [-0.4, -0.2) is 30.1 Å². The van der Waals surface area contributed by atoms with Crippen LogP contribution in [0.4, 0.5) is 5.69 Å². The minimum absolute atomic E-state index is 0. The lowest BCUT2D eigenvalue weighted by Crippen LogP contribution is -2.45. The van der Waals surface area contributed by atoms with Crippen molar-refractivity contribution in [3.05, 3.63) is 41.2 Å². The van der Waals surface area contributed by atoms with Crippen LogP contribution in [-0.2, 0) is 11.3 Å². The van der Waals surface area contributed by atoms with E-state index in [-0.39, 0.29) is 7.43 Å². The van der Waals surface area contributed by atoms with Gasteiger partial charge < -0.3 is 4.74 Å². The maximum absolute atomic E-state index is 6.92. The first-order valence-electron chi connectivity index (χ1n) is 7.50. The highest BCUT2D eigenvalue weighted by Gasteiger charge is 2.23. The van der Waals surface area contributed by atoms with Gasteiger partial charge in [0.25, 0.3) is 0 Å². The molecule has 0 N–H and O–H groups in total. The molecular weight excluding hydrogens is 260 g/mol. The van der Waals surface area contributed by atoms with E-state index in [1.807, 2.05) is 24.3 Å². The highest BCUT2D eigenvalue weighted by Crippen LogP contribution is 2.21. The van der Waals surface area contributed by atoms with Gasteiger partial charge in [0.05, 0.1) is 19.8 Å². The van der Waals surface area contributed by atoms with E-state index in [4.69, 9.17) is 11.3 Å². The molecule has 0 spiro atoms. The fraction of sp³-hybridized carbons (Fsp3) is 0.611. The summed E-state index contributed by atoms with van der Waals surface area (Å²) in [7, 11) is 0. The molecule has 2 atom stereocenters. The van der Waals surface area contributed by atoms with Crippen molar-refractivity contribution in [1.29, 1.82) is 0 Å². The van der Waals surface area contributed by atoms with Crippen LogP contribution in [0.5, 0.6) is 0 Å². The van der Waals surface area contributed by atoms with Gasteiger partial charge in [-0.3, -0.25) is 4.90 Å². The molecule has 0 radical (unpaired) electrons. The Morgan fingerprint density at radius 3 is 2.38 bits per heavy atom.